The van der Waals surface area contributed by atoms with E-state index < -0.39 is 17.8 Å². The van der Waals surface area contributed by atoms with Gasteiger partial charge in [-0.3, -0.25) is 4.79 Å². The smallest absolute Gasteiger partial charge is 0.341 e. The third-order valence-electron chi connectivity index (χ3n) is 2.64. The highest BCUT2D eigenvalue weighted by Gasteiger charge is 2.21. The number of thiophene rings is 1. The average molecular weight is 311 g/mol. The number of hydrogen-bond acceptors (Lipinski definition) is 5. The standard InChI is InChI=1S/C14H17NO5S/c1-4-7-20-14(19)12-8(2)9(3)21-13(12)15-10(16)5-6-11(17)18/h5-6H,4,7H2,1-3H3,(H,15,16)(H,17,18)/b6-5+. The molecule has 0 spiro atoms. The Morgan fingerprint density at radius 1 is 1.29 bits per heavy atom. The van der Waals surface area contributed by atoms with Gasteiger partial charge in [0.2, 0.25) is 5.91 Å². The normalized spacial score (nSPS) is 10.6. The summed E-state index contributed by atoms with van der Waals surface area (Å²) in [5.74, 6) is -2.31. The Bertz CT molecular complexity index is 588. The third-order valence-corrected chi connectivity index (χ3v) is 3.76. The maximum atomic E-state index is 12.0. The van der Waals surface area contributed by atoms with Gasteiger partial charge in [-0.25, -0.2) is 9.59 Å². The first-order chi connectivity index (χ1) is 9.86. The molecule has 0 unspecified atom stereocenters. The first kappa shape index (κ1) is 16.9. The summed E-state index contributed by atoms with van der Waals surface area (Å²) in [6, 6.07) is 0. The van der Waals surface area contributed by atoms with Crippen LogP contribution in [0, 0.1) is 13.8 Å². The first-order valence-electron chi connectivity index (χ1n) is 6.35. The predicted octanol–water partition coefficient (Wildman–Crippen LogP) is 2.51. The van der Waals surface area contributed by atoms with Crippen molar-refractivity contribution in [2.75, 3.05) is 11.9 Å². The number of carboxylic acids is 1. The van der Waals surface area contributed by atoms with Crippen LogP contribution in [0.1, 0.15) is 34.1 Å². The van der Waals surface area contributed by atoms with Crippen molar-refractivity contribution < 1.29 is 24.2 Å². The van der Waals surface area contributed by atoms with E-state index in [0.29, 0.717) is 23.6 Å². The van der Waals surface area contributed by atoms with Crippen LogP contribution in [-0.2, 0) is 14.3 Å². The lowest BCUT2D eigenvalue weighted by atomic mass is 10.1. The fourth-order valence-electron chi connectivity index (χ4n) is 1.53. The lowest BCUT2D eigenvalue weighted by Crippen LogP contribution is -2.13. The monoisotopic (exact) mass is 311 g/mol. The van der Waals surface area contributed by atoms with E-state index in [2.05, 4.69) is 5.32 Å². The van der Waals surface area contributed by atoms with Gasteiger partial charge in [0.1, 0.15) is 5.00 Å². The van der Waals surface area contributed by atoms with Gasteiger partial charge < -0.3 is 15.2 Å². The number of nitrogens with one attached hydrogen (secondary N) is 1. The SMILES string of the molecule is CCCOC(=O)c1c(NC(=O)/C=C/C(=O)O)sc(C)c1C. The van der Waals surface area contributed by atoms with Crippen molar-refractivity contribution in [3.63, 3.8) is 0 Å². The topological polar surface area (TPSA) is 92.7 Å². The Kier molecular flexibility index (Phi) is 6.10. The number of hydrogen-bond donors (Lipinski definition) is 2. The molecule has 1 rings (SSSR count). The van der Waals surface area contributed by atoms with E-state index >= 15 is 0 Å². The molecule has 0 aliphatic rings. The number of anilines is 1. The zero-order valence-electron chi connectivity index (χ0n) is 12.1. The van der Waals surface area contributed by atoms with Gasteiger partial charge in [-0.15, -0.1) is 11.3 Å². The third kappa shape index (κ3) is 4.71. The van der Waals surface area contributed by atoms with E-state index in [-0.39, 0.29) is 0 Å². The van der Waals surface area contributed by atoms with Gasteiger partial charge in [-0.1, -0.05) is 6.92 Å². The van der Waals surface area contributed by atoms with Crippen molar-refractivity contribution in [1.29, 1.82) is 0 Å². The number of aryl methyl sites for hydroxylation is 1. The lowest BCUT2D eigenvalue weighted by molar-refractivity contribution is -0.131. The van der Waals surface area contributed by atoms with Crippen molar-refractivity contribution in [3.8, 4) is 0 Å². The Morgan fingerprint density at radius 2 is 1.95 bits per heavy atom. The highest BCUT2D eigenvalue weighted by Crippen LogP contribution is 2.33. The minimum atomic E-state index is -1.22. The molecule has 0 saturated carbocycles. The van der Waals surface area contributed by atoms with Crippen molar-refractivity contribution in [3.05, 3.63) is 28.2 Å². The second kappa shape index (κ2) is 7.58. The zero-order valence-corrected chi connectivity index (χ0v) is 12.9. The van der Waals surface area contributed by atoms with Gasteiger partial charge in [0.15, 0.2) is 0 Å². The number of carbonyl (C=O) groups excluding carboxylic acids is 2. The predicted molar refractivity (Wildman–Crippen MR) is 79.8 cm³/mol. The molecule has 0 fully saturated rings. The molecule has 0 atom stereocenters. The summed E-state index contributed by atoms with van der Waals surface area (Å²) in [5, 5.41) is 11.4. The van der Waals surface area contributed by atoms with Crippen LogP contribution < -0.4 is 5.32 Å². The quantitative estimate of drug-likeness (QED) is 0.622. The zero-order chi connectivity index (χ0) is 16.0. The largest absolute Gasteiger partial charge is 0.478 e. The highest BCUT2D eigenvalue weighted by molar-refractivity contribution is 7.16. The molecule has 1 heterocycles. The van der Waals surface area contributed by atoms with E-state index in [1.165, 1.54) is 11.3 Å². The molecule has 0 aliphatic carbocycles. The Hall–Kier alpha value is -2.15. The number of amides is 1. The summed E-state index contributed by atoms with van der Waals surface area (Å²) in [6.07, 6.45) is 2.34. The molecule has 0 saturated heterocycles. The van der Waals surface area contributed by atoms with Gasteiger partial charge in [0.05, 0.1) is 12.2 Å². The number of aliphatic carboxylic acids is 1. The van der Waals surface area contributed by atoms with Crippen LogP contribution >= 0.6 is 11.3 Å². The van der Waals surface area contributed by atoms with E-state index in [9.17, 15) is 14.4 Å². The summed E-state index contributed by atoms with van der Waals surface area (Å²) >= 11 is 1.25. The van der Waals surface area contributed by atoms with Crippen molar-refractivity contribution in [2.45, 2.75) is 27.2 Å². The van der Waals surface area contributed by atoms with E-state index in [1.807, 2.05) is 13.8 Å². The number of ether oxygens (including phenoxy) is 1. The van der Waals surface area contributed by atoms with Crippen LogP contribution in [0.2, 0.25) is 0 Å². The van der Waals surface area contributed by atoms with Crippen molar-refractivity contribution in [2.24, 2.45) is 0 Å². The Labute approximate surface area is 126 Å². The maximum Gasteiger partial charge on any atom is 0.341 e. The van der Waals surface area contributed by atoms with Crippen LogP contribution in [0.4, 0.5) is 5.00 Å². The van der Waals surface area contributed by atoms with Crippen molar-refractivity contribution in [1.82, 2.24) is 0 Å². The Balaban J connectivity index is 2.97. The molecule has 114 valence electrons. The number of esters is 1. The summed E-state index contributed by atoms with van der Waals surface area (Å²) in [5.41, 5.74) is 1.07. The fraction of sp³-hybridized carbons (Fsp3) is 0.357. The molecule has 1 aromatic heterocycles. The lowest BCUT2D eigenvalue weighted by Gasteiger charge is -2.06. The number of carboxylic acid groups (broad SMARTS) is 1. The minimum absolute atomic E-state index is 0.305. The molecule has 21 heavy (non-hydrogen) atoms. The summed E-state index contributed by atoms with van der Waals surface area (Å²) in [6.45, 7) is 5.80. The van der Waals surface area contributed by atoms with Crippen LogP contribution in [0.5, 0.6) is 0 Å². The van der Waals surface area contributed by atoms with Gasteiger partial charge >= 0.3 is 11.9 Å². The van der Waals surface area contributed by atoms with Crippen LogP contribution in [-0.4, -0.2) is 29.6 Å². The van der Waals surface area contributed by atoms with Gasteiger partial charge in [0.25, 0.3) is 0 Å². The number of rotatable bonds is 6. The van der Waals surface area contributed by atoms with Gasteiger partial charge in [-0.2, -0.15) is 0 Å². The highest BCUT2D eigenvalue weighted by atomic mass is 32.1. The van der Waals surface area contributed by atoms with E-state index in [0.717, 1.165) is 22.6 Å². The molecular formula is C14H17NO5S. The molecule has 7 heteroatoms. The molecule has 2 N–H and O–H groups in total. The van der Waals surface area contributed by atoms with Crippen LogP contribution in [0.25, 0.3) is 0 Å². The molecule has 0 aliphatic heterocycles. The summed E-state index contributed by atoms with van der Waals surface area (Å²) in [4.78, 5) is 34.9. The van der Waals surface area contributed by atoms with E-state index in [1.54, 1.807) is 6.92 Å². The first-order valence-corrected chi connectivity index (χ1v) is 7.17. The molecule has 1 amide bonds. The second-order valence-electron chi connectivity index (χ2n) is 4.28. The fourth-order valence-corrected chi connectivity index (χ4v) is 2.58. The van der Waals surface area contributed by atoms with Crippen LogP contribution in [0.3, 0.4) is 0 Å². The minimum Gasteiger partial charge on any atom is -0.478 e. The molecule has 0 radical (unpaired) electrons. The van der Waals surface area contributed by atoms with Crippen molar-refractivity contribution >= 4 is 34.2 Å². The average Bonchev–Trinajstić information content (AvgIpc) is 2.69. The van der Waals surface area contributed by atoms with Gasteiger partial charge in [-0.05, 0) is 25.8 Å². The summed E-state index contributed by atoms with van der Waals surface area (Å²) < 4.78 is 5.10. The van der Waals surface area contributed by atoms with Gasteiger partial charge in [0, 0.05) is 17.0 Å². The molecule has 6 nitrogen and oxygen atoms in total. The molecule has 0 aromatic carbocycles. The maximum absolute atomic E-state index is 12.0. The number of carbonyl (C=O) groups is 3. The van der Waals surface area contributed by atoms with Crippen LogP contribution in [0.15, 0.2) is 12.2 Å². The molecule has 0 bridgehead atoms. The van der Waals surface area contributed by atoms with E-state index in [4.69, 9.17) is 9.84 Å². The second-order valence-corrected chi connectivity index (χ2v) is 5.51. The Morgan fingerprint density at radius 3 is 2.52 bits per heavy atom. The molecular weight excluding hydrogens is 294 g/mol. The summed E-state index contributed by atoms with van der Waals surface area (Å²) in [7, 11) is 0. The molecule has 1 aromatic rings.